The second kappa shape index (κ2) is 4.59. The first-order valence-electron chi connectivity index (χ1n) is 4.14. The summed E-state index contributed by atoms with van der Waals surface area (Å²) in [5.74, 6) is -0.250. The van der Waals surface area contributed by atoms with E-state index in [2.05, 4.69) is 0 Å². The molecular weight excluding hydrogens is 241 g/mol. The Morgan fingerprint density at radius 2 is 2.07 bits per heavy atom. The van der Waals surface area contributed by atoms with Crippen molar-refractivity contribution in [1.29, 1.82) is 0 Å². The summed E-state index contributed by atoms with van der Waals surface area (Å²) in [5, 5.41) is 10.4. The Morgan fingerprint density at radius 3 is 2.53 bits per heavy atom. The Bertz CT molecular complexity index is 432. The van der Waals surface area contributed by atoms with Crippen LogP contribution in [0.3, 0.4) is 0 Å². The minimum atomic E-state index is -0.697. The number of nitrogens with zero attached hydrogens (tertiary/aromatic N) is 1. The van der Waals surface area contributed by atoms with Crippen molar-refractivity contribution in [3.05, 3.63) is 37.9 Å². The molecular formula is C9H7Cl2NO3. The number of nitro groups is 1. The summed E-state index contributed by atoms with van der Waals surface area (Å²) < 4.78 is 0. The van der Waals surface area contributed by atoms with Gasteiger partial charge in [0.15, 0.2) is 5.78 Å². The lowest BCUT2D eigenvalue weighted by Crippen LogP contribution is -2.00. The van der Waals surface area contributed by atoms with Crippen LogP contribution in [-0.4, -0.2) is 10.7 Å². The Morgan fingerprint density at radius 1 is 1.47 bits per heavy atom. The molecule has 0 aliphatic carbocycles. The number of hydrogen-bond acceptors (Lipinski definition) is 3. The first-order chi connectivity index (χ1) is 6.99. The van der Waals surface area contributed by atoms with Crippen LogP contribution in [0, 0.1) is 10.1 Å². The Balaban J connectivity index is 3.41. The van der Waals surface area contributed by atoms with E-state index in [1.807, 2.05) is 0 Å². The quantitative estimate of drug-likeness (QED) is 0.467. The molecule has 80 valence electrons. The Hall–Kier alpha value is -1.13. The number of carbonyl (C=O) groups excluding carboxylic acids is 1. The standard InChI is InChI=1S/C9H7Cl2NO3/c1-2-7(13)5-3-4-6(10)9(8(5)11)12(14)15/h3-4H,2H2,1H3. The molecule has 1 aromatic carbocycles. The molecule has 0 aliphatic rings. The van der Waals surface area contributed by atoms with Crippen molar-refractivity contribution in [1.82, 2.24) is 0 Å². The number of carbonyl (C=O) groups is 1. The van der Waals surface area contributed by atoms with Crippen LogP contribution < -0.4 is 0 Å². The van der Waals surface area contributed by atoms with Crippen LogP contribution in [0.2, 0.25) is 10.0 Å². The number of rotatable bonds is 3. The SMILES string of the molecule is CCC(=O)c1ccc(Cl)c([N+](=O)[O-])c1Cl. The predicted octanol–water partition coefficient (Wildman–Crippen LogP) is 3.49. The van der Waals surface area contributed by atoms with E-state index < -0.39 is 10.6 Å². The maximum atomic E-state index is 11.4. The van der Waals surface area contributed by atoms with E-state index in [0.717, 1.165) is 0 Å². The van der Waals surface area contributed by atoms with Gasteiger partial charge in [-0.3, -0.25) is 14.9 Å². The summed E-state index contributed by atoms with van der Waals surface area (Å²) in [6.45, 7) is 1.65. The van der Waals surface area contributed by atoms with Crippen molar-refractivity contribution in [2.24, 2.45) is 0 Å². The van der Waals surface area contributed by atoms with Gasteiger partial charge in [0, 0.05) is 12.0 Å². The van der Waals surface area contributed by atoms with Gasteiger partial charge in [-0.2, -0.15) is 0 Å². The molecule has 0 heterocycles. The zero-order valence-corrected chi connectivity index (χ0v) is 9.30. The van der Waals surface area contributed by atoms with E-state index in [4.69, 9.17) is 23.2 Å². The summed E-state index contributed by atoms with van der Waals surface area (Å²) in [7, 11) is 0. The lowest BCUT2D eigenvalue weighted by molar-refractivity contribution is -0.384. The molecule has 0 aromatic heterocycles. The minimum Gasteiger partial charge on any atom is -0.294 e. The Kier molecular flexibility index (Phi) is 3.66. The smallest absolute Gasteiger partial charge is 0.294 e. The monoisotopic (exact) mass is 247 g/mol. The van der Waals surface area contributed by atoms with E-state index in [-0.39, 0.29) is 27.8 Å². The molecule has 6 heteroatoms. The van der Waals surface area contributed by atoms with Crippen molar-refractivity contribution < 1.29 is 9.72 Å². The van der Waals surface area contributed by atoms with Crippen molar-refractivity contribution in [3.63, 3.8) is 0 Å². The summed E-state index contributed by atoms with van der Waals surface area (Å²) in [6, 6.07) is 2.69. The maximum Gasteiger partial charge on any atom is 0.307 e. The molecule has 0 radical (unpaired) electrons. The minimum absolute atomic E-state index is 0.0716. The van der Waals surface area contributed by atoms with E-state index >= 15 is 0 Å². The number of benzene rings is 1. The average Bonchev–Trinajstić information content (AvgIpc) is 2.16. The second-order valence-electron chi connectivity index (χ2n) is 2.79. The van der Waals surface area contributed by atoms with Crippen LogP contribution in [0.25, 0.3) is 0 Å². The average molecular weight is 248 g/mol. The van der Waals surface area contributed by atoms with Crippen LogP contribution in [-0.2, 0) is 0 Å². The van der Waals surface area contributed by atoms with Crippen LogP contribution in [0.1, 0.15) is 23.7 Å². The van der Waals surface area contributed by atoms with Crippen LogP contribution in [0.4, 0.5) is 5.69 Å². The summed E-state index contributed by atoms with van der Waals surface area (Å²) >= 11 is 11.3. The summed E-state index contributed by atoms with van der Waals surface area (Å²) in [6.07, 6.45) is 0.235. The highest BCUT2D eigenvalue weighted by Gasteiger charge is 2.23. The Labute approximate surface area is 95.9 Å². The van der Waals surface area contributed by atoms with Gasteiger partial charge in [0.25, 0.3) is 0 Å². The maximum absolute atomic E-state index is 11.4. The van der Waals surface area contributed by atoms with Gasteiger partial charge in [0.2, 0.25) is 0 Å². The lowest BCUT2D eigenvalue weighted by atomic mass is 10.1. The number of Topliss-reactive ketones (excluding diaryl/α,β-unsaturated/α-hetero) is 1. The van der Waals surface area contributed by atoms with Crippen molar-refractivity contribution in [2.75, 3.05) is 0 Å². The highest BCUT2D eigenvalue weighted by atomic mass is 35.5. The fourth-order valence-corrected chi connectivity index (χ4v) is 1.73. The molecule has 0 fully saturated rings. The lowest BCUT2D eigenvalue weighted by Gasteiger charge is -2.03. The predicted molar refractivity (Wildman–Crippen MR) is 57.7 cm³/mol. The van der Waals surface area contributed by atoms with Gasteiger partial charge in [-0.15, -0.1) is 0 Å². The molecule has 0 aliphatic heterocycles. The first-order valence-corrected chi connectivity index (χ1v) is 4.90. The zero-order valence-electron chi connectivity index (χ0n) is 7.79. The largest absolute Gasteiger partial charge is 0.307 e. The molecule has 0 bridgehead atoms. The third-order valence-electron chi connectivity index (χ3n) is 1.87. The summed E-state index contributed by atoms with van der Waals surface area (Å²) in [5.41, 5.74) is -0.284. The highest BCUT2D eigenvalue weighted by Crippen LogP contribution is 2.35. The molecule has 0 N–H and O–H groups in total. The van der Waals surface area contributed by atoms with Gasteiger partial charge in [-0.1, -0.05) is 30.1 Å². The number of ketones is 1. The van der Waals surface area contributed by atoms with Gasteiger partial charge in [-0.05, 0) is 12.1 Å². The third-order valence-corrected chi connectivity index (χ3v) is 2.56. The normalized spacial score (nSPS) is 10.1. The van der Waals surface area contributed by atoms with Gasteiger partial charge >= 0.3 is 5.69 Å². The number of nitro benzene ring substituents is 1. The second-order valence-corrected chi connectivity index (χ2v) is 3.58. The molecule has 1 aromatic rings. The van der Waals surface area contributed by atoms with Crippen LogP contribution >= 0.6 is 23.2 Å². The molecule has 0 amide bonds. The van der Waals surface area contributed by atoms with Gasteiger partial charge in [-0.25, -0.2) is 0 Å². The number of halogens is 2. The molecule has 0 saturated heterocycles. The van der Waals surface area contributed by atoms with Crippen molar-refractivity contribution >= 4 is 34.7 Å². The molecule has 0 atom stereocenters. The third kappa shape index (κ3) is 2.27. The van der Waals surface area contributed by atoms with Gasteiger partial charge in [0.05, 0.1) is 4.92 Å². The van der Waals surface area contributed by atoms with Crippen LogP contribution in [0.5, 0.6) is 0 Å². The molecule has 0 saturated carbocycles. The highest BCUT2D eigenvalue weighted by molar-refractivity contribution is 6.40. The van der Waals surface area contributed by atoms with E-state index in [0.29, 0.717) is 0 Å². The zero-order chi connectivity index (χ0) is 11.6. The summed E-state index contributed by atoms with van der Waals surface area (Å²) in [4.78, 5) is 21.3. The molecule has 0 unspecified atom stereocenters. The van der Waals surface area contributed by atoms with Crippen LogP contribution in [0.15, 0.2) is 12.1 Å². The van der Waals surface area contributed by atoms with E-state index in [9.17, 15) is 14.9 Å². The molecule has 0 spiro atoms. The molecule has 15 heavy (non-hydrogen) atoms. The van der Waals surface area contributed by atoms with E-state index in [1.165, 1.54) is 12.1 Å². The van der Waals surface area contributed by atoms with Gasteiger partial charge < -0.3 is 0 Å². The van der Waals surface area contributed by atoms with Crippen molar-refractivity contribution in [3.8, 4) is 0 Å². The van der Waals surface area contributed by atoms with Crippen molar-refractivity contribution in [2.45, 2.75) is 13.3 Å². The fraction of sp³-hybridized carbons (Fsp3) is 0.222. The number of hydrogen-bond donors (Lipinski definition) is 0. The topological polar surface area (TPSA) is 60.2 Å². The van der Waals surface area contributed by atoms with E-state index in [1.54, 1.807) is 6.92 Å². The fourth-order valence-electron chi connectivity index (χ4n) is 1.11. The van der Waals surface area contributed by atoms with Gasteiger partial charge in [0.1, 0.15) is 10.0 Å². The first kappa shape index (κ1) is 11.9. The molecule has 4 nitrogen and oxygen atoms in total. The molecule has 1 rings (SSSR count).